The Morgan fingerprint density at radius 1 is 0.824 bits per heavy atom. The third kappa shape index (κ3) is 5.84. The van der Waals surface area contributed by atoms with Crippen LogP contribution in [0.25, 0.3) is 0 Å². The summed E-state index contributed by atoms with van der Waals surface area (Å²) < 4.78 is 37.6. The van der Waals surface area contributed by atoms with Gasteiger partial charge in [0.05, 0.1) is 31.5 Å². The van der Waals surface area contributed by atoms with Crippen LogP contribution in [0.2, 0.25) is 0 Å². The molecule has 12 heteroatoms. The Morgan fingerprint density at radius 2 is 1.61 bits per heavy atom. The van der Waals surface area contributed by atoms with Crippen molar-refractivity contribution in [2.45, 2.75) is 172 Å². The monoisotopic (exact) mass is 722 g/mol. The van der Waals surface area contributed by atoms with Gasteiger partial charge in [-0.3, -0.25) is 0 Å². The summed E-state index contributed by atoms with van der Waals surface area (Å²) >= 11 is 0. The average molecular weight is 723 g/mol. The van der Waals surface area contributed by atoms with Crippen molar-refractivity contribution in [3.63, 3.8) is 0 Å². The summed E-state index contributed by atoms with van der Waals surface area (Å²) in [7, 11) is 0. The molecule has 4 aliphatic carbocycles. The Balaban J connectivity index is 0.964. The largest absolute Gasteiger partial charge is 0.394 e. The van der Waals surface area contributed by atoms with Gasteiger partial charge in [-0.25, -0.2) is 0 Å². The molecule has 0 unspecified atom stereocenters. The maximum Gasteiger partial charge on any atom is 0.187 e. The third-order valence-corrected chi connectivity index (χ3v) is 15.6. The van der Waals surface area contributed by atoms with E-state index in [4.69, 9.17) is 28.4 Å². The summed E-state index contributed by atoms with van der Waals surface area (Å²) in [6.45, 7) is 11.5. The quantitative estimate of drug-likeness (QED) is 0.229. The molecule has 290 valence electrons. The molecule has 1 spiro atoms. The van der Waals surface area contributed by atoms with Gasteiger partial charge in [0.1, 0.15) is 42.7 Å². The summed E-state index contributed by atoms with van der Waals surface area (Å²) in [5.41, 5.74) is 1.70. The molecule has 6 N–H and O–H groups in total. The molecule has 12 nitrogen and oxygen atoms in total. The summed E-state index contributed by atoms with van der Waals surface area (Å²) in [5.74, 6) is 2.92. The van der Waals surface area contributed by atoms with Crippen molar-refractivity contribution in [2.24, 2.45) is 46.3 Å². The van der Waals surface area contributed by atoms with Crippen molar-refractivity contribution in [1.29, 1.82) is 0 Å². The highest BCUT2D eigenvalue weighted by molar-refractivity contribution is 5.26. The predicted molar refractivity (Wildman–Crippen MR) is 182 cm³/mol. The molecule has 4 aliphatic heterocycles. The number of fused-ring (bicyclic) bond motifs is 7. The minimum Gasteiger partial charge on any atom is -0.394 e. The van der Waals surface area contributed by atoms with Crippen molar-refractivity contribution < 1.29 is 59.1 Å². The summed E-state index contributed by atoms with van der Waals surface area (Å²) in [4.78, 5) is 0. The fourth-order valence-corrected chi connectivity index (χ4v) is 12.5. The van der Waals surface area contributed by atoms with Crippen molar-refractivity contribution in [3.8, 4) is 0 Å². The van der Waals surface area contributed by atoms with Crippen LogP contribution in [0.5, 0.6) is 0 Å². The molecule has 21 atom stereocenters. The summed E-state index contributed by atoms with van der Waals surface area (Å²) in [6.07, 6.45) is -1.68. The molecule has 4 heterocycles. The first-order chi connectivity index (χ1) is 24.2. The zero-order valence-corrected chi connectivity index (χ0v) is 30.9. The van der Waals surface area contributed by atoms with Crippen molar-refractivity contribution in [1.82, 2.24) is 0 Å². The Bertz CT molecular complexity index is 1300. The zero-order chi connectivity index (χ0) is 36.2. The number of aliphatic hydroxyl groups is 6. The topological polar surface area (TPSA) is 177 Å². The van der Waals surface area contributed by atoms with Crippen molar-refractivity contribution >= 4 is 0 Å². The molecule has 8 rings (SSSR count). The van der Waals surface area contributed by atoms with E-state index in [0.29, 0.717) is 41.9 Å². The second-order valence-corrected chi connectivity index (χ2v) is 18.3. The maximum atomic E-state index is 11.1. The van der Waals surface area contributed by atoms with Crippen LogP contribution in [0.4, 0.5) is 0 Å². The van der Waals surface area contributed by atoms with Gasteiger partial charge in [-0.15, -0.1) is 0 Å². The van der Waals surface area contributed by atoms with Crippen LogP contribution in [0.15, 0.2) is 11.6 Å². The number of hydrogen-bond donors (Lipinski definition) is 6. The van der Waals surface area contributed by atoms with E-state index in [1.165, 1.54) is 31.8 Å². The number of ether oxygens (including phenoxy) is 6. The molecule has 3 saturated carbocycles. The second kappa shape index (κ2) is 13.5. The van der Waals surface area contributed by atoms with E-state index in [0.717, 1.165) is 38.7 Å². The number of allylic oxidation sites excluding steroid dienone is 1. The predicted octanol–water partition coefficient (Wildman–Crippen LogP) is 2.39. The number of rotatable bonds is 5. The minimum absolute atomic E-state index is 0.0535. The molecule has 0 bridgehead atoms. The molecule has 8 aliphatic rings. The van der Waals surface area contributed by atoms with Crippen LogP contribution < -0.4 is 0 Å². The molecule has 0 aromatic heterocycles. The lowest BCUT2D eigenvalue weighted by Gasteiger charge is -2.58. The first-order valence-corrected chi connectivity index (χ1v) is 19.8. The highest BCUT2D eigenvalue weighted by Gasteiger charge is 2.68. The molecular formula is C39H62O12. The molecule has 0 aromatic rings. The summed E-state index contributed by atoms with van der Waals surface area (Å²) in [6, 6.07) is 0. The van der Waals surface area contributed by atoms with Crippen LogP contribution >= 0.6 is 0 Å². The Kier molecular flexibility index (Phi) is 9.83. The van der Waals surface area contributed by atoms with Gasteiger partial charge >= 0.3 is 0 Å². The Labute approximate surface area is 301 Å². The second-order valence-electron chi connectivity index (χ2n) is 18.3. The third-order valence-electron chi connectivity index (χ3n) is 15.6. The van der Waals surface area contributed by atoms with Gasteiger partial charge in [-0.2, -0.15) is 0 Å². The normalized spacial score (nSPS) is 58.4. The Morgan fingerprint density at radius 3 is 2.33 bits per heavy atom. The highest BCUT2D eigenvalue weighted by Crippen LogP contribution is 2.70. The van der Waals surface area contributed by atoms with E-state index >= 15 is 0 Å². The molecular weight excluding hydrogens is 660 g/mol. The van der Waals surface area contributed by atoms with E-state index < -0.39 is 73.8 Å². The molecule has 7 fully saturated rings. The van der Waals surface area contributed by atoms with Crippen LogP contribution in [-0.4, -0.2) is 123 Å². The van der Waals surface area contributed by atoms with Gasteiger partial charge < -0.3 is 59.1 Å². The van der Waals surface area contributed by atoms with Crippen LogP contribution in [0.1, 0.15) is 92.4 Å². The fraction of sp³-hybridized carbons (Fsp3) is 0.949. The van der Waals surface area contributed by atoms with Crippen molar-refractivity contribution in [2.75, 3.05) is 13.2 Å². The van der Waals surface area contributed by atoms with Gasteiger partial charge in [-0.05, 0) is 98.7 Å². The molecule has 0 radical (unpaired) electrons. The van der Waals surface area contributed by atoms with Crippen LogP contribution in [0, 0.1) is 46.3 Å². The number of hydrogen-bond acceptors (Lipinski definition) is 12. The smallest absolute Gasteiger partial charge is 0.187 e. The van der Waals surface area contributed by atoms with E-state index in [1.807, 2.05) is 0 Å². The van der Waals surface area contributed by atoms with E-state index in [2.05, 4.69) is 33.8 Å². The standard InChI is InChI=1S/C39H62O12/c1-18-8-13-39(46-17-18)19(2)28-26(51-39)15-25-23-7-6-21-14-22(9-11-37(21,4)24(23)10-12-38(25,28)5)48-36-34(32(44)30(42)27(16-40)49-36)50-35-33(45)31(43)29(41)20(3)47-35/h6,18-20,22-36,40-45H,7-17H2,1-5H3/t18-,19+,20+,22+,23-,24+,25+,26+,27-,28+,29+,30-,31-,32+,33-,34-,35+,36+,37+,38+,39-/m1/s1. The van der Waals surface area contributed by atoms with Gasteiger partial charge in [0.15, 0.2) is 18.4 Å². The lowest BCUT2D eigenvalue weighted by Crippen LogP contribution is -2.64. The van der Waals surface area contributed by atoms with Gasteiger partial charge in [-0.1, -0.05) is 39.3 Å². The zero-order valence-electron chi connectivity index (χ0n) is 30.9. The lowest BCUT2D eigenvalue weighted by atomic mass is 9.47. The van der Waals surface area contributed by atoms with Gasteiger partial charge in [0.2, 0.25) is 0 Å². The van der Waals surface area contributed by atoms with E-state index in [9.17, 15) is 30.6 Å². The van der Waals surface area contributed by atoms with Crippen molar-refractivity contribution in [3.05, 3.63) is 11.6 Å². The maximum absolute atomic E-state index is 11.1. The van der Waals surface area contributed by atoms with Gasteiger partial charge in [0, 0.05) is 12.3 Å². The van der Waals surface area contributed by atoms with Gasteiger partial charge in [0.25, 0.3) is 0 Å². The molecule has 51 heavy (non-hydrogen) atoms. The SMILES string of the molecule is C[C@@H]1CC[C@@]2(OC1)O[C@H]1C[C@H]3[C@@H]4CC=C5C[C@@H](O[C@H]6O[C@H](CO)[C@@H](O)[C@H](O)[C@H]6O[C@@H]6O[C@@H](C)[C@H](O)[C@@H](O)[C@H]6O)CC[C@]5(C)[C@H]4CC[C@]3(C)[C@H]1[C@@H]2C. The van der Waals surface area contributed by atoms with Crippen LogP contribution in [0.3, 0.4) is 0 Å². The van der Waals surface area contributed by atoms with E-state index in [-0.39, 0.29) is 23.0 Å². The number of aliphatic hydroxyl groups excluding tert-OH is 6. The lowest BCUT2D eigenvalue weighted by molar-refractivity contribution is -0.369. The Hall–Kier alpha value is -0.740. The van der Waals surface area contributed by atoms with E-state index in [1.54, 1.807) is 0 Å². The summed E-state index contributed by atoms with van der Waals surface area (Å²) in [5, 5.41) is 62.9. The average Bonchev–Trinajstić information content (AvgIpc) is 3.56. The first-order valence-electron chi connectivity index (χ1n) is 19.8. The minimum atomic E-state index is -1.61. The molecule has 4 saturated heterocycles. The molecule has 0 aromatic carbocycles. The first kappa shape index (κ1) is 37.2. The fourth-order valence-electron chi connectivity index (χ4n) is 12.5. The van der Waals surface area contributed by atoms with Crippen LogP contribution in [-0.2, 0) is 28.4 Å². The highest BCUT2D eigenvalue weighted by atomic mass is 16.8. The molecule has 0 amide bonds.